The molecule has 13 heavy (non-hydrogen) atoms. The molecule has 3 nitrogen and oxygen atoms in total. The zero-order valence-electron chi connectivity index (χ0n) is 7.02. The van der Waals surface area contributed by atoms with Crippen LogP contribution >= 0.6 is 24.8 Å². The van der Waals surface area contributed by atoms with Crippen LogP contribution in [-0.4, -0.2) is 10.5 Å². The molecule has 0 radical (unpaired) electrons. The fraction of sp³-hybridized carbons (Fsp3) is 0.143. The summed E-state index contributed by atoms with van der Waals surface area (Å²) < 4.78 is 18.4. The Morgan fingerprint density at radius 3 is 1.92 bits per heavy atom. The minimum absolute atomic E-state index is 0. The number of nitrogens with one attached hydrogen (secondary N) is 1. The highest BCUT2D eigenvalue weighted by atomic mass is 35.5. The van der Waals surface area contributed by atoms with E-state index in [1.807, 2.05) is 0 Å². The Kier molecular flexibility index (Phi) is 6.15. The molecule has 0 spiro atoms. The van der Waals surface area contributed by atoms with Gasteiger partial charge < -0.3 is 5.73 Å². The first-order valence-electron chi connectivity index (χ1n) is 3.09. The van der Waals surface area contributed by atoms with Gasteiger partial charge in [0.15, 0.2) is 0 Å². The summed E-state index contributed by atoms with van der Waals surface area (Å²) in [5, 5.41) is 0. The van der Waals surface area contributed by atoms with Crippen molar-refractivity contribution in [1.82, 2.24) is 0 Å². The van der Waals surface area contributed by atoms with Crippen LogP contribution in [0.4, 0.5) is 5.69 Å². The minimum Gasteiger partial charge on any atom is -0.399 e. The first-order chi connectivity index (χ1) is 5.00. The molecule has 1 rings (SSSR count). The van der Waals surface area contributed by atoms with E-state index < -0.39 is 9.73 Å². The zero-order chi connectivity index (χ0) is 8.48. The maximum absolute atomic E-state index is 11.1. The van der Waals surface area contributed by atoms with Crippen molar-refractivity contribution in [3.63, 3.8) is 0 Å². The quantitative estimate of drug-likeness (QED) is 0.742. The van der Waals surface area contributed by atoms with E-state index >= 15 is 0 Å². The molecule has 0 saturated heterocycles. The highest BCUT2D eigenvalue weighted by molar-refractivity contribution is 7.91. The molecule has 0 aliphatic carbocycles. The van der Waals surface area contributed by atoms with E-state index in [0.29, 0.717) is 10.6 Å². The number of rotatable bonds is 1. The molecule has 1 unspecified atom stereocenters. The van der Waals surface area contributed by atoms with E-state index in [2.05, 4.69) is 0 Å². The summed E-state index contributed by atoms with van der Waals surface area (Å²) in [6.45, 7) is 0. The van der Waals surface area contributed by atoms with Gasteiger partial charge in [-0.2, -0.15) is 0 Å². The fourth-order valence-electron chi connectivity index (χ4n) is 0.728. The predicted molar refractivity (Wildman–Crippen MR) is 60.4 cm³/mol. The number of nitrogens with two attached hydrogens (primary N) is 1. The van der Waals surface area contributed by atoms with E-state index in [1.54, 1.807) is 24.3 Å². The van der Waals surface area contributed by atoms with E-state index in [4.69, 9.17) is 10.5 Å². The molecule has 1 aromatic rings. The van der Waals surface area contributed by atoms with Crippen molar-refractivity contribution in [2.45, 2.75) is 4.90 Å². The molecule has 1 aromatic carbocycles. The molecule has 0 aliphatic rings. The van der Waals surface area contributed by atoms with Crippen molar-refractivity contribution in [3.05, 3.63) is 24.3 Å². The highest BCUT2D eigenvalue weighted by Gasteiger charge is 2.00. The third-order valence-corrected chi connectivity index (χ3v) is 2.50. The molecule has 0 aromatic heterocycles. The number of anilines is 1. The van der Waals surface area contributed by atoms with Crippen molar-refractivity contribution < 1.29 is 4.21 Å². The smallest absolute Gasteiger partial charge is 0.0696 e. The van der Waals surface area contributed by atoms with Crippen LogP contribution < -0.4 is 5.73 Å². The molecule has 6 heteroatoms. The fourth-order valence-corrected chi connectivity index (χ4v) is 1.38. The number of benzene rings is 1. The van der Waals surface area contributed by atoms with E-state index in [-0.39, 0.29) is 24.8 Å². The summed E-state index contributed by atoms with van der Waals surface area (Å²) in [4.78, 5) is 0.520. The Morgan fingerprint density at radius 2 is 1.62 bits per heavy atom. The molecule has 0 heterocycles. The van der Waals surface area contributed by atoms with Gasteiger partial charge in [-0.15, -0.1) is 24.8 Å². The van der Waals surface area contributed by atoms with Gasteiger partial charge in [-0.3, -0.25) is 0 Å². The second-order valence-corrected chi connectivity index (χ2v) is 4.57. The first-order valence-corrected chi connectivity index (χ1v) is 5.06. The number of halogens is 2. The van der Waals surface area contributed by atoms with Gasteiger partial charge >= 0.3 is 0 Å². The van der Waals surface area contributed by atoms with Gasteiger partial charge in [-0.1, -0.05) is 0 Å². The van der Waals surface area contributed by atoms with Gasteiger partial charge in [0.05, 0.1) is 9.73 Å². The minimum atomic E-state index is -2.58. The Labute approximate surface area is 90.5 Å². The monoisotopic (exact) mass is 242 g/mol. The lowest BCUT2D eigenvalue weighted by Crippen LogP contribution is -1.94. The molecule has 0 fully saturated rings. The van der Waals surface area contributed by atoms with Crippen LogP contribution in [0.2, 0.25) is 0 Å². The topological polar surface area (TPSA) is 66.9 Å². The average Bonchev–Trinajstić information content (AvgIpc) is 1.86. The third-order valence-electron chi connectivity index (χ3n) is 1.33. The zero-order valence-corrected chi connectivity index (χ0v) is 9.47. The molecule has 76 valence electrons. The van der Waals surface area contributed by atoms with E-state index in [9.17, 15) is 4.21 Å². The maximum atomic E-state index is 11.1. The van der Waals surface area contributed by atoms with E-state index in [0.717, 1.165) is 0 Å². The summed E-state index contributed by atoms with van der Waals surface area (Å²) in [6, 6.07) is 6.52. The van der Waals surface area contributed by atoms with Gasteiger partial charge in [0.1, 0.15) is 0 Å². The van der Waals surface area contributed by atoms with Crippen LogP contribution in [0.5, 0.6) is 0 Å². The van der Waals surface area contributed by atoms with Crippen molar-refractivity contribution >= 4 is 40.2 Å². The lowest BCUT2D eigenvalue weighted by molar-refractivity contribution is 0.679. The molecule has 0 saturated carbocycles. The van der Waals surface area contributed by atoms with Gasteiger partial charge in [0.25, 0.3) is 0 Å². The second-order valence-electron chi connectivity index (χ2n) is 2.41. The molecule has 3 N–H and O–H groups in total. The molecular formula is C7H12Cl2N2OS. The molecule has 1 atom stereocenters. The summed E-state index contributed by atoms with van der Waals surface area (Å²) in [7, 11) is -2.58. The van der Waals surface area contributed by atoms with E-state index in [1.165, 1.54) is 6.26 Å². The van der Waals surface area contributed by atoms with Crippen LogP contribution in [0.25, 0.3) is 0 Å². The second kappa shape index (κ2) is 5.32. The lowest BCUT2D eigenvalue weighted by Gasteiger charge is -1.99. The first kappa shape index (κ1) is 15.0. The maximum Gasteiger partial charge on any atom is 0.0696 e. The Hall–Kier alpha value is -0.450. The van der Waals surface area contributed by atoms with Crippen molar-refractivity contribution in [2.24, 2.45) is 0 Å². The van der Waals surface area contributed by atoms with Gasteiger partial charge in [-0.25, -0.2) is 8.99 Å². The third kappa shape index (κ3) is 4.36. The standard InChI is InChI=1S/C7H10N2OS.2ClH/c1-11(9,10)7-4-2-6(8)3-5-7;;/h2-5,9H,8H2,1H3;2*1H. The van der Waals surface area contributed by atoms with Crippen molar-refractivity contribution in [3.8, 4) is 0 Å². The van der Waals surface area contributed by atoms with Crippen molar-refractivity contribution in [1.29, 1.82) is 4.78 Å². The van der Waals surface area contributed by atoms with Crippen LogP contribution in [0.3, 0.4) is 0 Å². The lowest BCUT2D eigenvalue weighted by atomic mass is 10.3. The Morgan fingerprint density at radius 1 is 1.23 bits per heavy atom. The predicted octanol–water partition coefficient (Wildman–Crippen LogP) is 2.15. The van der Waals surface area contributed by atoms with Crippen LogP contribution in [0.1, 0.15) is 0 Å². The highest BCUT2D eigenvalue weighted by Crippen LogP contribution is 2.11. The Balaban J connectivity index is 0. The number of nitrogen functional groups attached to an aromatic ring is 1. The molecule has 0 bridgehead atoms. The summed E-state index contributed by atoms with van der Waals surface area (Å²) >= 11 is 0. The molecular weight excluding hydrogens is 231 g/mol. The number of hydrogen-bond donors (Lipinski definition) is 2. The molecule has 0 aliphatic heterocycles. The average molecular weight is 243 g/mol. The van der Waals surface area contributed by atoms with Crippen LogP contribution in [0, 0.1) is 4.78 Å². The summed E-state index contributed by atoms with van der Waals surface area (Å²) in [6.07, 6.45) is 1.39. The Bertz CT molecular complexity index is 347. The number of hydrogen-bond acceptors (Lipinski definition) is 3. The van der Waals surface area contributed by atoms with Gasteiger partial charge in [0, 0.05) is 16.8 Å². The largest absolute Gasteiger partial charge is 0.399 e. The van der Waals surface area contributed by atoms with Crippen LogP contribution in [-0.2, 0) is 9.73 Å². The normalized spacial score (nSPS) is 13.3. The van der Waals surface area contributed by atoms with Crippen molar-refractivity contribution in [2.75, 3.05) is 12.0 Å². The summed E-state index contributed by atoms with van der Waals surface area (Å²) in [5.74, 6) is 0. The van der Waals surface area contributed by atoms with Gasteiger partial charge in [-0.05, 0) is 24.3 Å². The van der Waals surface area contributed by atoms with Crippen LogP contribution in [0.15, 0.2) is 29.2 Å². The summed E-state index contributed by atoms with van der Waals surface area (Å²) in [5.41, 5.74) is 6.04. The molecule has 0 amide bonds. The SMILES string of the molecule is CS(=N)(=O)c1ccc(N)cc1.Cl.Cl. The van der Waals surface area contributed by atoms with Gasteiger partial charge in [0.2, 0.25) is 0 Å².